The molecule has 19 heavy (non-hydrogen) atoms. The number of halogens is 1. The molecule has 1 aromatic rings. The zero-order valence-corrected chi connectivity index (χ0v) is 11.6. The van der Waals surface area contributed by atoms with E-state index in [2.05, 4.69) is 27.8 Å². The summed E-state index contributed by atoms with van der Waals surface area (Å²) in [6, 6.07) is 4.94. The number of nitrogens with zero attached hydrogens (tertiary/aromatic N) is 1. The molecule has 0 atom stereocenters. The van der Waals surface area contributed by atoms with Gasteiger partial charge in [0.1, 0.15) is 6.54 Å². The van der Waals surface area contributed by atoms with Gasteiger partial charge < -0.3 is 5.32 Å². The van der Waals surface area contributed by atoms with E-state index in [-0.39, 0.29) is 12.5 Å². The molecule has 0 radical (unpaired) electrons. The van der Waals surface area contributed by atoms with Crippen LogP contribution in [0, 0.1) is 0 Å². The predicted molar refractivity (Wildman–Crippen MR) is 74.0 cm³/mol. The largest absolute Gasteiger partial charge is 0.351 e. The number of amides is 2. The van der Waals surface area contributed by atoms with Crippen molar-refractivity contribution in [3.63, 3.8) is 0 Å². The first-order valence-electron chi connectivity index (χ1n) is 5.58. The van der Waals surface area contributed by atoms with Crippen molar-refractivity contribution in [1.29, 1.82) is 0 Å². The van der Waals surface area contributed by atoms with Crippen LogP contribution in [0.15, 0.2) is 35.3 Å². The lowest BCUT2D eigenvalue weighted by Crippen LogP contribution is -2.40. The number of fused-ring (bicyclic) bond motifs is 1. The van der Waals surface area contributed by atoms with Gasteiger partial charge in [0.2, 0.25) is 5.91 Å². The van der Waals surface area contributed by atoms with Crippen LogP contribution in [0.2, 0.25) is 0 Å². The van der Waals surface area contributed by atoms with E-state index >= 15 is 0 Å². The Bertz CT molecular complexity index is 583. The molecule has 1 aliphatic rings. The summed E-state index contributed by atoms with van der Waals surface area (Å²) in [4.78, 5) is 36.4. The van der Waals surface area contributed by atoms with Crippen molar-refractivity contribution in [2.75, 3.05) is 18.0 Å². The first-order chi connectivity index (χ1) is 9.04. The van der Waals surface area contributed by atoms with E-state index in [0.717, 1.165) is 0 Å². The minimum Gasteiger partial charge on any atom is -0.351 e. The first kappa shape index (κ1) is 13.5. The van der Waals surface area contributed by atoms with E-state index in [4.69, 9.17) is 0 Å². The molecule has 1 N–H and O–H groups in total. The molecule has 0 unspecified atom stereocenters. The zero-order valence-electron chi connectivity index (χ0n) is 9.98. The molecule has 0 aromatic heterocycles. The van der Waals surface area contributed by atoms with Crippen LogP contribution in [-0.2, 0) is 9.59 Å². The molecule has 0 saturated carbocycles. The normalized spacial score (nSPS) is 13.4. The number of Topliss-reactive ketones (excluding diaryl/α,β-unsaturated/α-hetero) is 1. The molecule has 1 aromatic carbocycles. The Morgan fingerprint density at radius 2 is 2.16 bits per heavy atom. The maximum Gasteiger partial charge on any atom is 0.299 e. The SMILES string of the molecule is C=CCNC(=O)CN1C(=O)C(=O)c2cc(Br)ccc21. The smallest absolute Gasteiger partial charge is 0.299 e. The highest BCUT2D eigenvalue weighted by atomic mass is 79.9. The number of hydrogen-bond donors (Lipinski definition) is 1. The molecular formula is C13H11BrN2O3. The number of hydrogen-bond acceptors (Lipinski definition) is 3. The molecule has 5 nitrogen and oxygen atoms in total. The monoisotopic (exact) mass is 322 g/mol. The standard InChI is InChI=1S/C13H11BrN2O3/c1-2-5-15-11(17)7-16-10-4-3-8(14)6-9(10)12(18)13(16)19/h2-4,6H,1,5,7H2,(H,15,17). The zero-order chi connectivity index (χ0) is 14.0. The van der Waals surface area contributed by atoms with Gasteiger partial charge >= 0.3 is 0 Å². The summed E-state index contributed by atoms with van der Waals surface area (Å²) in [5, 5.41) is 2.57. The van der Waals surface area contributed by atoms with Crippen molar-refractivity contribution in [2.24, 2.45) is 0 Å². The summed E-state index contributed by atoms with van der Waals surface area (Å²) in [5.41, 5.74) is 0.780. The number of ketones is 1. The summed E-state index contributed by atoms with van der Waals surface area (Å²) < 4.78 is 0.713. The van der Waals surface area contributed by atoms with Crippen molar-refractivity contribution < 1.29 is 14.4 Å². The average molecular weight is 323 g/mol. The highest BCUT2D eigenvalue weighted by Gasteiger charge is 2.36. The van der Waals surface area contributed by atoms with Crippen molar-refractivity contribution in [3.05, 3.63) is 40.9 Å². The van der Waals surface area contributed by atoms with Gasteiger partial charge in [0, 0.05) is 11.0 Å². The molecule has 0 spiro atoms. The molecule has 2 amide bonds. The molecule has 0 saturated heterocycles. The molecule has 98 valence electrons. The van der Waals surface area contributed by atoms with Gasteiger partial charge in [-0.1, -0.05) is 22.0 Å². The lowest BCUT2D eigenvalue weighted by atomic mass is 10.1. The quantitative estimate of drug-likeness (QED) is 0.670. The van der Waals surface area contributed by atoms with Gasteiger partial charge in [-0.2, -0.15) is 0 Å². The van der Waals surface area contributed by atoms with Crippen LogP contribution in [0.3, 0.4) is 0 Å². The van der Waals surface area contributed by atoms with Gasteiger partial charge in [0.05, 0.1) is 11.3 Å². The van der Waals surface area contributed by atoms with Gasteiger partial charge in [-0.25, -0.2) is 0 Å². The van der Waals surface area contributed by atoms with Crippen LogP contribution in [0.4, 0.5) is 5.69 Å². The predicted octanol–water partition coefficient (Wildman–Crippen LogP) is 1.28. The van der Waals surface area contributed by atoms with Crippen LogP contribution in [-0.4, -0.2) is 30.7 Å². The van der Waals surface area contributed by atoms with Crippen molar-refractivity contribution in [3.8, 4) is 0 Å². The highest BCUT2D eigenvalue weighted by Crippen LogP contribution is 2.30. The van der Waals surface area contributed by atoms with E-state index < -0.39 is 11.7 Å². The summed E-state index contributed by atoms with van der Waals surface area (Å²) in [6.07, 6.45) is 1.54. The Balaban J connectivity index is 2.24. The third kappa shape index (κ3) is 2.58. The van der Waals surface area contributed by atoms with E-state index in [1.54, 1.807) is 24.3 Å². The average Bonchev–Trinajstić information content (AvgIpc) is 2.61. The molecule has 0 aliphatic carbocycles. The fourth-order valence-corrected chi connectivity index (χ4v) is 2.18. The summed E-state index contributed by atoms with van der Waals surface area (Å²) in [7, 11) is 0. The van der Waals surface area contributed by atoms with Crippen LogP contribution in [0.25, 0.3) is 0 Å². The number of nitrogens with one attached hydrogen (secondary N) is 1. The van der Waals surface area contributed by atoms with Crippen molar-refractivity contribution in [1.82, 2.24) is 5.32 Å². The van der Waals surface area contributed by atoms with Crippen molar-refractivity contribution in [2.45, 2.75) is 0 Å². The maximum absolute atomic E-state index is 11.8. The highest BCUT2D eigenvalue weighted by molar-refractivity contribution is 9.10. The van der Waals surface area contributed by atoms with E-state index in [0.29, 0.717) is 22.3 Å². The molecular weight excluding hydrogens is 312 g/mol. The summed E-state index contributed by atoms with van der Waals surface area (Å²) in [5.74, 6) is -1.61. The number of carbonyl (C=O) groups is 3. The Morgan fingerprint density at radius 3 is 2.84 bits per heavy atom. The summed E-state index contributed by atoms with van der Waals surface area (Å²) >= 11 is 3.24. The van der Waals surface area contributed by atoms with Gasteiger partial charge in [-0.05, 0) is 18.2 Å². The molecule has 1 aliphatic heterocycles. The topological polar surface area (TPSA) is 66.5 Å². The minimum atomic E-state index is -0.679. The van der Waals surface area contributed by atoms with Gasteiger partial charge in [-0.15, -0.1) is 6.58 Å². The molecule has 0 bridgehead atoms. The molecule has 2 rings (SSSR count). The van der Waals surface area contributed by atoms with Crippen LogP contribution in [0.5, 0.6) is 0 Å². The van der Waals surface area contributed by atoms with Gasteiger partial charge in [-0.3, -0.25) is 19.3 Å². The Labute approximate surface area is 118 Å². The second-order valence-electron chi connectivity index (χ2n) is 3.97. The lowest BCUT2D eigenvalue weighted by Gasteiger charge is -2.15. The minimum absolute atomic E-state index is 0.174. The maximum atomic E-state index is 11.8. The van der Waals surface area contributed by atoms with Gasteiger partial charge in [0.15, 0.2) is 0 Å². The molecule has 1 heterocycles. The Morgan fingerprint density at radius 1 is 1.42 bits per heavy atom. The molecule has 6 heteroatoms. The lowest BCUT2D eigenvalue weighted by molar-refractivity contribution is -0.122. The summed E-state index contributed by atoms with van der Waals surface area (Å²) in [6.45, 7) is 3.63. The fraction of sp³-hybridized carbons (Fsp3) is 0.154. The van der Waals surface area contributed by atoms with E-state index in [9.17, 15) is 14.4 Å². The molecule has 0 fully saturated rings. The Hall–Kier alpha value is -1.95. The first-order valence-corrected chi connectivity index (χ1v) is 6.37. The third-order valence-corrected chi connectivity index (χ3v) is 3.17. The second kappa shape index (κ2) is 5.36. The second-order valence-corrected chi connectivity index (χ2v) is 4.89. The van der Waals surface area contributed by atoms with Gasteiger partial charge in [0.25, 0.3) is 11.7 Å². The van der Waals surface area contributed by atoms with Crippen LogP contribution >= 0.6 is 15.9 Å². The van der Waals surface area contributed by atoms with Crippen LogP contribution in [0.1, 0.15) is 10.4 Å². The third-order valence-electron chi connectivity index (χ3n) is 2.68. The van der Waals surface area contributed by atoms with Crippen LogP contribution < -0.4 is 10.2 Å². The number of anilines is 1. The number of rotatable bonds is 4. The fourth-order valence-electron chi connectivity index (χ4n) is 1.82. The Kier molecular flexibility index (Phi) is 3.80. The van der Waals surface area contributed by atoms with E-state index in [1.807, 2.05) is 0 Å². The number of carbonyl (C=O) groups excluding carboxylic acids is 3. The van der Waals surface area contributed by atoms with E-state index in [1.165, 1.54) is 4.90 Å². The van der Waals surface area contributed by atoms with Crippen molar-refractivity contribution >= 4 is 39.2 Å². The number of benzene rings is 1.